The zero-order chi connectivity index (χ0) is 9.80. The summed E-state index contributed by atoms with van der Waals surface area (Å²) in [5.41, 5.74) is 0. The van der Waals surface area contributed by atoms with E-state index in [9.17, 15) is 0 Å². The molecule has 1 aliphatic rings. The van der Waals surface area contributed by atoms with Gasteiger partial charge in [0.05, 0.1) is 0 Å². The topological polar surface area (TPSA) is 37.8 Å². The van der Waals surface area contributed by atoms with Crippen LogP contribution in [0.2, 0.25) is 5.15 Å². The van der Waals surface area contributed by atoms with Crippen molar-refractivity contribution >= 4 is 23.4 Å². The van der Waals surface area contributed by atoms with E-state index in [4.69, 9.17) is 11.6 Å². The van der Waals surface area contributed by atoms with Crippen molar-refractivity contribution in [2.75, 3.05) is 12.3 Å². The van der Waals surface area contributed by atoms with Crippen LogP contribution in [-0.2, 0) is 0 Å². The van der Waals surface area contributed by atoms with E-state index in [2.05, 4.69) is 15.5 Å². The normalized spacial score (nSPS) is 21.4. The molecule has 0 aromatic carbocycles. The van der Waals surface area contributed by atoms with Gasteiger partial charge in [-0.15, -0.1) is 22.0 Å². The zero-order valence-corrected chi connectivity index (χ0v) is 9.31. The monoisotopic (exact) mass is 229 g/mol. The average Bonchev–Trinajstić information content (AvgIpc) is 2.70. The number of hydrogen-bond acceptors (Lipinski definition) is 4. The van der Waals surface area contributed by atoms with Gasteiger partial charge in [-0.25, -0.2) is 0 Å². The third kappa shape index (κ3) is 2.83. The Kier molecular flexibility index (Phi) is 3.61. The molecule has 0 radical (unpaired) electrons. The first-order chi connectivity index (χ1) is 6.84. The van der Waals surface area contributed by atoms with Crippen LogP contribution < -0.4 is 5.32 Å². The molecule has 14 heavy (non-hydrogen) atoms. The summed E-state index contributed by atoms with van der Waals surface area (Å²) in [5, 5.41) is 12.6. The highest BCUT2D eigenvalue weighted by Gasteiger charge is 2.14. The Balaban J connectivity index is 1.82. The molecule has 1 aromatic rings. The fraction of sp³-hybridized carbons (Fsp3) is 0.556. The lowest BCUT2D eigenvalue weighted by Gasteiger charge is -2.07. The number of halogens is 1. The minimum atomic E-state index is 0.452. The van der Waals surface area contributed by atoms with Crippen LogP contribution in [0, 0.1) is 0 Å². The summed E-state index contributed by atoms with van der Waals surface area (Å²) >= 11 is 7.38. The van der Waals surface area contributed by atoms with Gasteiger partial charge in [0, 0.05) is 11.8 Å². The largest absolute Gasteiger partial charge is 0.313 e. The maximum absolute atomic E-state index is 5.64. The molecule has 3 nitrogen and oxygen atoms in total. The number of rotatable bonds is 3. The van der Waals surface area contributed by atoms with Crippen molar-refractivity contribution in [1.29, 1.82) is 0 Å². The zero-order valence-electron chi connectivity index (χ0n) is 7.74. The maximum Gasteiger partial charge on any atom is 0.151 e. The molecule has 1 saturated heterocycles. The summed E-state index contributed by atoms with van der Waals surface area (Å²) < 4.78 is 0. The van der Waals surface area contributed by atoms with Crippen LogP contribution in [0.15, 0.2) is 17.2 Å². The smallest absolute Gasteiger partial charge is 0.151 e. The first kappa shape index (κ1) is 10.2. The van der Waals surface area contributed by atoms with Crippen LogP contribution >= 0.6 is 23.4 Å². The first-order valence-electron chi connectivity index (χ1n) is 4.70. The van der Waals surface area contributed by atoms with Gasteiger partial charge in [-0.05, 0) is 31.5 Å². The summed E-state index contributed by atoms with van der Waals surface area (Å²) in [6, 6.07) is 4.32. The molecule has 1 unspecified atom stereocenters. The standard InChI is InChI=1S/C9H12ClN3S/c10-8-3-4-9(13-12-8)14-6-7-2-1-5-11-7/h3-4,7,11H,1-2,5-6H2. The molecule has 1 fully saturated rings. The fourth-order valence-corrected chi connectivity index (χ4v) is 2.49. The summed E-state index contributed by atoms with van der Waals surface area (Å²) in [7, 11) is 0. The Morgan fingerprint density at radius 2 is 2.43 bits per heavy atom. The molecule has 1 aliphatic heterocycles. The van der Waals surface area contributed by atoms with Crippen molar-refractivity contribution in [3.8, 4) is 0 Å². The van der Waals surface area contributed by atoms with Gasteiger partial charge >= 0.3 is 0 Å². The lowest BCUT2D eigenvalue weighted by molar-refractivity contribution is 0.673. The molecule has 0 amide bonds. The number of hydrogen-bond donors (Lipinski definition) is 1. The Morgan fingerprint density at radius 1 is 1.50 bits per heavy atom. The van der Waals surface area contributed by atoms with Crippen LogP contribution in [0.4, 0.5) is 0 Å². The quantitative estimate of drug-likeness (QED) is 0.805. The van der Waals surface area contributed by atoms with Crippen LogP contribution in [0.5, 0.6) is 0 Å². The lowest BCUT2D eigenvalue weighted by Crippen LogP contribution is -2.23. The van der Waals surface area contributed by atoms with Gasteiger partial charge in [-0.3, -0.25) is 0 Å². The van der Waals surface area contributed by atoms with E-state index >= 15 is 0 Å². The van der Waals surface area contributed by atoms with Gasteiger partial charge in [-0.1, -0.05) is 11.6 Å². The van der Waals surface area contributed by atoms with Crippen molar-refractivity contribution in [3.63, 3.8) is 0 Å². The van der Waals surface area contributed by atoms with Gasteiger partial charge in [0.15, 0.2) is 5.15 Å². The van der Waals surface area contributed by atoms with Crippen LogP contribution in [0.3, 0.4) is 0 Å². The minimum absolute atomic E-state index is 0.452. The Bertz CT molecular complexity index is 285. The molecule has 2 heterocycles. The van der Waals surface area contributed by atoms with Crippen molar-refractivity contribution < 1.29 is 0 Å². The number of thioether (sulfide) groups is 1. The van der Waals surface area contributed by atoms with Crippen LogP contribution in [0.1, 0.15) is 12.8 Å². The van der Waals surface area contributed by atoms with Crippen molar-refractivity contribution in [1.82, 2.24) is 15.5 Å². The van der Waals surface area contributed by atoms with E-state index in [0.717, 1.165) is 17.3 Å². The van der Waals surface area contributed by atoms with Gasteiger partial charge in [0.2, 0.25) is 0 Å². The molecule has 2 rings (SSSR count). The summed E-state index contributed by atoms with van der Waals surface area (Å²) in [5.74, 6) is 1.07. The molecule has 0 bridgehead atoms. The number of aromatic nitrogens is 2. The fourth-order valence-electron chi connectivity index (χ4n) is 1.47. The van der Waals surface area contributed by atoms with Gasteiger partial charge in [0.1, 0.15) is 5.03 Å². The Labute approximate surface area is 92.6 Å². The average molecular weight is 230 g/mol. The highest BCUT2D eigenvalue weighted by molar-refractivity contribution is 7.99. The number of nitrogens with one attached hydrogen (secondary N) is 1. The van der Waals surface area contributed by atoms with E-state index in [1.807, 2.05) is 6.07 Å². The second-order valence-electron chi connectivity index (χ2n) is 3.30. The predicted octanol–water partition coefficient (Wildman–Crippen LogP) is 1.97. The molecule has 1 N–H and O–H groups in total. The molecule has 1 atom stereocenters. The molecule has 76 valence electrons. The summed E-state index contributed by atoms with van der Waals surface area (Å²) in [6.45, 7) is 1.15. The molecule has 0 aliphatic carbocycles. The predicted molar refractivity (Wildman–Crippen MR) is 58.8 cm³/mol. The highest BCUT2D eigenvalue weighted by Crippen LogP contribution is 2.19. The van der Waals surface area contributed by atoms with Crippen molar-refractivity contribution in [2.45, 2.75) is 23.9 Å². The molecular formula is C9H12ClN3S. The molecule has 1 aromatic heterocycles. The number of nitrogens with zero attached hydrogens (tertiary/aromatic N) is 2. The van der Waals surface area contributed by atoms with Gasteiger partial charge in [0.25, 0.3) is 0 Å². The van der Waals surface area contributed by atoms with E-state index in [0.29, 0.717) is 11.2 Å². The molecular weight excluding hydrogens is 218 g/mol. The first-order valence-corrected chi connectivity index (χ1v) is 6.06. The SMILES string of the molecule is Clc1ccc(SCC2CCCN2)nn1. The molecule has 5 heteroatoms. The van der Waals surface area contributed by atoms with Gasteiger partial charge < -0.3 is 5.32 Å². The van der Waals surface area contributed by atoms with Crippen molar-refractivity contribution in [2.24, 2.45) is 0 Å². The Hall–Kier alpha value is -0.320. The maximum atomic E-state index is 5.64. The Morgan fingerprint density at radius 3 is 3.07 bits per heavy atom. The summed E-state index contributed by atoms with van der Waals surface area (Å²) in [4.78, 5) is 0. The van der Waals surface area contributed by atoms with Crippen LogP contribution in [-0.4, -0.2) is 28.5 Å². The molecule has 0 spiro atoms. The van der Waals surface area contributed by atoms with Gasteiger partial charge in [-0.2, -0.15) is 0 Å². The van der Waals surface area contributed by atoms with Crippen molar-refractivity contribution in [3.05, 3.63) is 17.3 Å². The van der Waals surface area contributed by atoms with E-state index in [-0.39, 0.29) is 0 Å². The minimum Gasteiger partial charge on any atom is -0.313 e. The van der Waals surface area contributed by atoms with Crippen LogP contribution in [0.25, 0.3) is 0 Å². The second-order valence-corrected chi connectivity index (χ2v) is 4.73. The van der Waals surface area contributed by atoms with E-state index in [1.54, 1.807) is 17.8 Å². The van der Waals surface area contributed by atoms with E-state index in [1.165, 1.54) is 12.8 Å². The lowest BCUT2D eigenvalue weighted by atomic mass is 10.3. The summed E-state index contributed by atoms with van der Waals surface area (Å²) in [6.07, 6.45) is 2.56. The second kappa shape index (κ2) is 4.96. The highest BCUT2D eigenvalue weighted by atomic mass is 35.5. The molecule has 0 saturated carbocycles. The third-order valence-corrected chi connectivity index (χ3v) is 3.49. The third-order valence-electron chi connectivity index (χ3n) is 2.20. The van der Waals surface area contributed by atoms with E-state index < -0.39 is 0 Å².